The second kappa shape index (κ2) is 5.95. The van der Waals surface area contributed by atoms with Crippen molar-refractivity contribution in [2.24, 2.45) is 0 Å². The van der Waals surface area contributed by atoms with Crippen molar-refractivity contribution in [2.45, 2.75) is 9.79 Å². The second-order valence-electron chi connectivity index (χ2n) is 3.81. The highest BCUT2D eigenvalue weighted by molar-refractivity contribution is 7.99. The predicted octanol–water partition coefficient (Wildman–Crippen LogP) is 4.20. The van der Waals surface area contributed by atoms with Gasteiger partial charge in [-0.2, -0.15) is 5.26 Å². The molecule has 0 saturated heterocycles. The van der Waals surface area contributed by atoms with E-state index in [1.165, 1.54) is 24.3 Å². The average molecular weight is 308 g/mol. The monoisotopic (exact) mass is 307 g/mol. The number of benzene rings is 2. The van der Waals surface area contributed by atoms with Crippen LogP contribution in [0.3, 0.4) is 0 Å². The lowest BCUT2D eigenvalue weighted by Crippen LogP contribution is -1.97. The fourth-order valence-electron chi connectivity index (χ4n) is 1.49. The van der Waals surface area contributed by atoms with Crippen molar-refractivity contribution < 1.29 is 14.3 Å². The van der Waals surface area contributed by atoms with Crippen LogP contribution in [0.4, 0.5) is 4.39 Å². The Bertz CT molecular complexity index is 728. The number of aromatic carboxylic acids is 1. The number of halogens is 2. The number of hydrogen-bond donors (Lipinski definition) is 1. The molecule has 0 saturated carbocycles. The molecule has 2 aromatic rings. The third-order valence-corrected chi connectivity index (χ3v) is 3.80. The van der Waals surface area contributed by atoms with Gasteiger partial charge in [-0.25, -0.2) is 9.18 Å². The molecule has 0 heterocycles. The SMILES string of the molecule is N#Cc1ccc(Sc2cc(C(=O)O)ccc2F)cc1Cl. The largest absolute Gasteiger partial charge is 0.478 e. The van der Waals surface area contributed by atoms with Gasteiger partial charge in [0.1, 0.15) is 11.9 Å². The van der Waals surface area contributed by atoms with E-state index in [1.54, 1.807) is 6.07 Å². The minimum atomic E-state index is -1.12. The first-order chi connectivity index (χ1) is 9.51. The van der Waals surface area contributed by atoms with Gasteiger partial charge in [0.05, 0.1) is 16.1 Å². The van der Waals surface area contributed by atoms with Crippen LogP contribution in [0.1, 0.15) is 15.9 Å². The highest BCUT2D eigenvalue weighted by atomic mass is 35.5. The third-order valence-electron chi connectivity index (χ3n) is 2.47. The number of rotatable bonds is 3. The molecule has 0 radical (unpaired) electrons. The van der Waals surface area contributed by atoms with Crippen molar-refractivity contribution in [1.82, 2.24) is 0 Å². The van der Waals surface area contributed by atoms with Gasteiger partial charge in [-0.1, -0.05) is 23.4 Å². The Morgan fingerprint density at radius 3 is 2.65 bits per heavy atom. The van der Waals surface area contributed by atoms with E-state index >= 15 is 0 Å². The van der Waals surface area contributed by atoms with Crippen LogP contribution in [0.25, 0.3) is 0 Å². The lowest BCUT2D eigenvalue weighted by Gasteiger charge is -2.05. The molecule has 0 spiro atoms. The molecule has 0 aliphatic rings. The van der Waals surface area contributed by atoms with Crippen molar-refractivity contribution in [1.29, 1.82) is 5.26 Å². The molecule has 0 fully saturated rings. The van der Waals surface area contributed by atoms with Crippen molar-refractivity contribution in [3.8, 4) is 6.07 Å². The Hall–Kier alpha value is -2.03. The molecule has 2 rings (SSSR count). The molecule has 100 valence electrons. The summed E-state index contributed by atoms with van der Waals surface area (Å²) in [6, 6.07) is 10.2. The quantitative estimate of drug-likeness (QED) is 0.923. The number of nitriles is 1. The van der Waals surface area contributed by atoms with Crippen LogP contribution >= 0.6 is 23.4 Å². The van der Waals surface area contributed by atoms with E-state index in [1.807, 2.05) is 6.07 Å². The topological polar surface area (TPSA) is 61.1 Å². The molecular formula is C14H7ClFNO2S. The number of carboxylic acids is 1. The van der Waals surface area contributed by atoms with E-state index in [2.05, 4.69) is 0 Å². The van der Waals surface area contributed by atoms with E-state index in [4.69, 9.17) is 22.0 Å². The molecule has 6 heteroatoms. The van der Waals surface area contributed by atoms with Gasteiger partial charge in [-0.15, -0.1) is 0 Å². The molecule has 0 aliphatic carbocycles. The first-order valence-electron chi connectivity index (χ1n) is 5.41. The Balaban J connectivity index is 2.35. The number of carboxylic acid groups (broad SMARTS) is 1. The van der Waals surface area contributed by atoms with Crippen molar-refractivity contribution in [2.75, 3.05) is 0 Å². The van der Waals surface area contributed by atoms with E-state index in [0.717, 1.165) is 17.8 Å². The minimum absolute atomic E-state index is 0.00800. The van der Waals surface area contributed by atoms with Gasteiger partial charge in [-0.3, -0.25) is 0 Å². The second-order valence-corrected chi connectivity index (χ2v) is 5.33. The molecule has 2 aromatic carbocycles. The Labute approximate surface area is 123 Å². The van der Waals surface area contributed by atoms with Crippen LogP contribution < -0.4 is 0 Å². The molecule has 0 bridgehead atoms. The van der Waals surface area contributed by atoms with Gasteiger partial charge in [0.25, 0.3) is 0 Å². The maximum Gasteiger partial charge on any atom is 0.335 e. The Kier molecular flexibility index (Phi) is 4.28. The molecule has 0 aliphatic heterocycles. The fourth-order valence-corrected chi connectivity index (χ4v) is 2.70. The summed E-state index contributed by atoms with van der Waals surface area (Å²) in [6.07, 6.45) is 0. The smallest absolute Gasteiger partial charge is 0.335 e. The molecule has 20 heavy (non-hydrogen) atoms. The van der Waals surface area contributed by atoms with Crippen LogP contribution in [0.5, 0.6) is 0 Å². The summed E-state index contributed by atoms with van der Waals surface area (Å²) >= 11 is 6.94. The van der Waals surface area contributed by atoms with E-state index < -0.39 is 11.8 Å². The molecule has 0 atom stereocenters. The summed E-state index contributed by atoms with van der Waals surface area (Å²) < 4.78 is 13.7. The van der Waals surface area contributed by atoms with Gasteiger partial charge < -0.3 is 5.11 Å². The van der Waals surface area contributed by atoms with E-state index in [-0.39, 0.29) is 15.5 Å². The van der Waals surface area contributed by atoms with E-state index in [0.29, 0.717) is 10.5 Å². The predicted molar refractivity (Wildman–Crippen MR) is 73.6 cm³/mol. The van der Waals surface area contributed by atoms with Crippen LogP contribution in [0, 0.1) is 17.1 Å². The van der Waals surface area contributed by atoms with Gasteiger partial charge in [0.2, 0.25) is 0 Å². The highest BCUT2D eigenvalue weighted by Crippen LogP contribution is 2.32. The zero-order valence-electron chi connectivity index (χ0n) is 9.93. The van der Waals surface area contributed by atoms with Gasteiger partial charge in [0.15, 0.2) is 0 Å². The molecule has 0 aromatic heterocycles. The van der Waals surface area contributed by atoms with Crippen molar-refractivity contribution >= 4 is 29.3 Å². The lowest BCUT2D eigenvalue weighted by atomic mass is 10.2. The Morgan fingerprint density at radius 2 is 2.05 bits per heavy atom. The standard InChI is InChI=1S/C14H7ClFNO2S/c15-11-6-10(3-1-9(11)7-17)20-13-5-8(14(18)19)2-4-12(13)16/h1-6H,(H,18,19). The molecule has 3 nitrogen and oxygen atoms in total. The van der Waals surface area contributed by atoms with Gasteiger partial charge in [-0.05, 0) is 36.4 Å². The maximum atomic E-state index is 13.7. The average Bonchev–Trinajstić information content (AvgIpc) is 2.41. The molecular weight excluding hydrogens is 301 g/mol. The molecule has 0 amide bonds. The Morgan fingerprint density at radius 1 is 1.30 bits per heavy atom. The van der Waals surface area contributed by atoms with Crippen LogP contribution in [-0.4, -0.2) is 11.1 Å². The normalized spacial score (nSPS) is 10.1. The summed E-state index contributed by atoms with van der Waals surface area (Å²) in [7, 11) is 0. The van der Waals surface area contributed by atoms with Crippen LogP contribution in [0.15, 0.2) is 46.2 Å². The molecule has 0 unspecified atom stereocenters. The first kappa shape index (κ1) is 14.4. The minimum Gasteiger partial charge on any atom is -0.478 e. The van der Waals surface area contributed by atoms with Crippen LogP contribution in [0.2, 0.25) is 5.02 Å². The lowest BCUT2D eigenvalue weighted by molar-refractivity contribution is 0.0696. The first-order valence-corrected chi connectivity index (χ1v) is 6.61. The number of hydrogen-bond acceptors (Lipinski definition) is 3. The fraction of sp³-hybridized carbons (Fsp3) is 0. The van der Waals surface area contributed by atoms with Crippen LogP contribution in [-0.2, 0) is 0 Å². The van der Waals surface area contributed by atoms with Crippen molar-refractivity contribution in [3.63, 3.8) is 0 Å². The summed E-state index contributed by atoms with van der Waals surface area (Å²) in [5, 5.41) is 17.9. The van der Waals surface area contributed by atoms with Gasteiger partial charge >= 0.3 is 5.97 Å². The van der Waals surface area contributed by atoms with E-state index in [9.17, 15) is 9.18 Å². The van der Waals surface area contributed by atoms with Gasteiger partial charge in [0, 0.05) is 9.79 Å². The van der Waals surface area contributed by atoms with Crippen molar-refractivity contribution in [3.05, 3.63) is 58.4 Å². The summed E-state index contributed by atoms with van der Waals surface area (Å²) in [5.74, 6) is -1.63. The zero-order valence-corrected chi connectivity index (χ0v) is 11.5. The summed E-state index contributed by atoms with van der Waals surface area (Å²) in [6.45, 7) is 0. The summed E-state index contributed by atoms with van der Waals surface area (Å²) in [5.41, 5.74) is 0.337. The summed E-state index contributed by atoms with van der Waals surface area (Å²) in [4.78, 5) is 11.7. The zero-order chi connectivity index (χ0) is 14.7. The maximum absolute atomic E-state index is 13.7. The number of nitrogens with zero attached hydrogens (tertiary/aromatic N) is 1. The highest BCUT2D eigenvalue weighted by Gasteiger charge is 2.10. The third kappa shape index (κ3) is 3.10. The molecule has 1 N–H and O–H groups in total. The number of carbonyl (C=O) groups is 1.